The predicted molar refractivity (Wildman–Crippen MR) is 92.9 cm³/mol. The summed E-state index contributed by atoms with van der Waals surface area (Å²) in [5.41, 5.74) is 2.63. The third-order valence-electron chi connectivity index (χ3n) is 3.19. The van der Waals surface area contributed by atoms with Crippen molar-refractivity contribution in [1.29, 1.82) is 0 Å². The lowest BCUT2D eigenvalue weighted by Gasteiger charge is -2.10. The van der Waals surface area contributed by atoms with Crippen LogP contribution in [0.1, 0.15) is 28.5 Å². The van der Waals surface area contributed by atoms with Crippen LogP contribution in [-0.2, 0) is 0 Å². The van der Waals surface area contributed by atoms with Gasteiger partial charge in [0.25, 0.3) is 5.91 Å². The Kier molecular flexibility index (Phi) is 5.91. The van der Waals surface area contributed by atoms with Crippen LogP contribution in [0.5, 0.6) is 0 Å². The van der Waals surface area contributed by atoms with Gasteiger partial charge in [-0.3, -0.25) is 4.79 Å². The van der Waals surface area contributed by atoms with Gasteiger partial charge in [-0.05, 0) is 32.9 Å². The molecule has 0 atom stereocenters. The Morgan fingerprint density at radius 2 is 1.91 bits per heavy atom. The molecule has 0 spiro atoms. The fourth-order valence-corrected chi connectivity index (χ4v) is 2.16. The first-order valence-corrected chi connectivity index (χ1v) is 7.77. The van der Waals surface area contributed by atoms with E-state index in [1.54, 1.807) is 0 Å². The molecular formula is C17H23N5O. The van der Waals surface area contributed by atoms with E-state index >= 15 is 0 Å². The van der Waals surface area contributed by atoms with Gasteiger partial charge in [-0.25, -0.2) is 4.98 Å². The van der Waals surface area contributed by atoms with Crippen molar-refractivity contribution < 1.29 is 4.79 Å². The average molecular weight is 313 g/mol. The summed E-state index contributed by atoms with van der Waals surface area (Å²) in [7, 11) is 0. The minimum atomic E-state index is -0.0750. The molecule has 0 aliphatic carbocycles. The lowest BCUT2D eigenvalue weighted by Crippen LogP contribution is -2.29. The fourth-order valence-electron chi connectivity index (χ4n) is 2.16. The molecule has 2 aromatic rings. The number of benzene rings is 1. The van der Waals surface area contributed by atoms with Gasteiger partial charge >= 0.3 is 0 Å². The Bertz CT molecular complexity index is 672. The largest absolute Gasteiger partial charge is 0.370 e. The number of nitrogens with one attached hydrogen (secondary N) is 3. The molecule has 0 fully saturated rings. The van der Waals surface area contributed by atoms with E-state index in [1.807, 2.05) is 51.1 Å². The molecule has 0 saturated heterocycles. The molecule has 0 unspecified atom stereocenters. The molecule has 0 radical (unpaired) electrons. The third-order valence-corrected chi connectivity index (χ3v) is 3.19. The van der Waals surface area contributed by atoms with Crippen molar-refractivity contribution in [2.45, 2.75) is 20.8 Å². The number of hydrogen-bond donors (Lipinski definition) is 3. The van der Waals surface area contributed by atoms with Crippen LogP contribution in [0.3, 0.4) is 0 Å². The monoisotopic (exact) mass is 313 g/mol. The molecule has 6 heteroatoms. The highest BCUT2D eigenvalue weighted by Crippen LogP contribution is 2.09. The van der Waals surface area contributed by atoms with Crippen LogP contribution in [0.4, 0.5) is 11.8 Å². The second kappa shape index (κ2) is 8.12. The molecule has 0 saturated carbocycles. The SMILES string of the molecule is CCNc1cc(C)nc(NCCNC(=O)c2cccc(C)c2)n1. The van der Waals surface area contributed by atoms with Crippen LogP contribution in [0, 0.1) is 13.8 Å². The number of aromatic nitrogens is 2. The van der Waals surface area contributed by atoms with Crippen molar-refractivity contribution in [2.24, 2.45) is 0 Å². The van der Waals surface area contributed by atoms with Gasteiger partial charge in [-0.15, -0.1) is 0 Å². The molecule has 122 valence electrons. The van der Waals surface area contributed by atoms with E-state index < -0.39 is 0 Å². The molecule has 0 bridgehead atoms. The van der Waals surface area contributed by atoms with Gasteiger partial charge < -0.3 is 16.0 Å². The highest BCUT2D eigenvalue weighted by Gasteiger charge is 2.05. The van der Waals surface area contributed by atoms with Crippen molar-refractivity contribution in [3.63, 3.8) is 0 Å². The molecule has 1 aromatic carbocycles. The maximum absolute atomic E-state index is 12.0. The molecule has 1 heterocycles. The average Bonchev–Trinajstić information content (AvgIpc) is 2.51. The van der Waals surface area contributed by atoms with Gasteiger partial charge in [-0.1, -0.05) is 17.7 Å². The van der Waals surface area contributed by atoms with Crippen LogP contribution < -0.4 is 16.0 Å². The normalized spacial score (nSPS) is 10.2. The van der Waals surface area contributed by atoms with Gasteiger partial charge in [0.15, 0.2) is 0 Å². The lowest BCUT2D eigenvalue weighted by molar-refractivity contribution is 0.0955. The van der Waals surface area contributed by atoms with Crippen molar-refractivity contribution in [1.82, 2.24) is 15.3 Å². The van der Waals surface area contributed by atoms with Gasteiger partial charge in [0.05, 0.1) is 0 Å². The van der Waals surface area contributed by atoms with Gasteiger partial charge in [0.2, 0.25) is 5.95 Å². The first kappa shape index (κ1) is 16.7. The second-order valence-electron chi connectivity index (χ2n) is 5.30. The number of hydrogen-bond acceptors (Lipinski definition) is 5. The van der Waals surface area contributed by atoms with Crippen molar-refractivity contribution in [2.75, 3.05) is 30.3 Å². The molecular weight excluding hydrogens is 290 g/mol. The number of nitrogens with zero attached hydrogens (tertiary/aromatic N) is 2. The Morgan fingerprint density at radius 3 is 2.65 bits per heavy atom. The van der Waals surface area contributed by atoms with Crippen LogP contribution in [0.25, 0.3) is 0 Å². The van der Waals surface area contributed by atoms with E-state index in [2.05, 4.69) is 25.9 Å². The molecule has 6 nitrogen and oxygen atoms in total. The van der Waals surface area contributed by atoms with Crippen LogP contribution in [-0.4, -0.2) is 35.5 Å². The van der Waals surface area contributed by atoms with E-state index in [1.165, 1.54) is 0 Å². The van der Waals surface area contributed by atoms with Crippen LogP contribution in [0.15, 0.2) is 30.3 Å². The molecule has 2 rings (SSSR count). The highest BCUT2D eigenvalue weighted by atomic mass is 16.1. The third kappa shape index (κ3) is 5.25. The van der Waals surface area contributed by atoms with E-state index in [0.717, 1.165) is 23.6 Å². The molecule has 1 aromatic heterocycles. The van der Waals surface area contributed by atoms with E-state index in [9.17, 15) is 4.79 Å². The van der Waals surface area contributed by atoms with Gasteiger partial charge in [0, 0.05) is 37.0 Å². The number of carbonyl (C=O) groups is 1. The van der Waals surface area contributed by atoms with Crippen molar-refractivity contribution in [3.8, 4) is 0 Å². The maximum atomic E-state index is 12.0. The predicted octanol–water partition coefficient (Wildman–Crippen LogP) is 2.37. The number of aryl methyl sites for hydroxylation is 2. The topological polar surface area (TPSA) is 78.9 Å². The summed E-state index contributed by atoms with van der Waals surface area (Å²) in [6, 6.07) is 9.42. The van der Waals surface area contributed by atoms with E-state index in [0.29, 0.717) is 24.6 Å². The summed E-state index contributed by atoms with van der Waals surface area (Å²) in [4.78, 5) is 20.7. The Hall–Kier alpha value is -2.63. The maximum Gasteiger partial charge on any atom is 0.251 e. The van der Waals surface area contributed by atoms with Crippen LogP contribution >= 0.6 is 0 Å². The fraction of sp³-hybridized carbons (Fsp3) is 0.353. The first-order chi connectivity index (χ1) is 11.1. The standard InChI is InChI=1S/C17H23N5O/c1-4-18-15-11-13(3)21-17(22-15)20-9-8-19-16(23)14-7-5-6-12(2)10-14/h5-7,10-11H,4,8-9H2,1-3H3,(H,19,23)(H2,18,20,21,22). The van der Waals surface area contributed by atoms with Crippen LogP contribution in [0.2, 0.25) is 0 Å². The smallest absolute Gasteiger partial charge is 0.251 e. The van der Waals surface area contributed by atoms with E-state index in [4.69, 9.17) is 0 Å². The molecule has 0 aliphatic heterocycles. The minimum absolute atomic E-state index is 0.0750. The van der Waals surface area contributed by atoms with Gasteiger partial charge in [0.1, 0.15) is 5.82 Å². The second-order valence-corrected chi connectivity index (χ2v) is 5.30. The first-order valence-electron chi connectivity index (χ1n) is 7.77. The van der Waals surface area contributed by atoms with Crippen molar-refractivity contribution in [3.05, 3.63) is 47.2 Å². The minimum Gasteiger partial charge on any atom is -0.370 e. The quantitative estimate of drug-likeness (QED) is 0.684. The highest BCUT2D eigenvalue weighted by molar-refractivity contribution is 5.94. The zero-order chi connectivity index (χ0) is 16.7. The summed E-state index contributed by atoms with van der Waals surface area (Å²) in [5, 5.41) is 9.17. The Balaban J connectivity index is 1.82. The summed E-state index contributed by atoms with van der Waals surface area (Å²) >= 11 is 0. The number of amides is 1. The lowest BCUT2D eigenvalue weighted by atomic mass is 10.1. The summed E-state index contributed by atoms with van der Waals surface area (Å²) in [5.74, 6) is 1.28. The number of rotatable bonds is 7. The zero-order valence-electron chi connectivity index (χ0n) is 13.8. The van der Waals surface area contributed by atoms with Crippen molar-refractivity contribution >= 4 is 17.7 Å². The van der Waals surface area contributed by atoms with E-state index in [-0.39, 0.29) is 5.91 Å². The Morgan fingerprint density at radius 1 is 1.09 bits per heavy atom. The number of carbonyl (C=O) groups excluding carboxylic acids is 1. The zero-order valence-corrected chi connectivity index (χ0v) is 13.8. The molecule has 3 N–H and O–H groups in total. The summed E-state index contributed by atoms with van der Waals surface area (Å²) in [6.07, 6.45) is 0. The Labute approximate surface area is 136 Å². The molecule has 1 amide bonds. The summed E-state index contributed by atoms with van der Waals surface area (Å²) < 4.78 is 0. The number of anilines is 2. The molecule has 0 aliphatic rings. The molecule has 23 heavy (non-hydrogen) atoms. The summed E-state index contributed by atoms with van der Waals surface area (Å²) in [6.45, 7) is 7.78. The van der Waals surface area contributed by atoms with Gasteiger partial charge in [-0.2, -0.15) is 4.98 Å².